The average Bonchev–Trinajstić information content (AvgIpc) is 2.77. The van der Waals surface area contributed by atoms with Gasteiger partial charge < -0.3 is 9.88 Å². The van der Waals surface area contributed by atoms with Crippen LogP contribution in [-0.4, -0.2) is 25.9 Å². The summed E-state index contributed by atoms with van der Waals surface area (Å²) in [6.07, 6.45) is 1.90. The van der Waals surface area contributed by atoms with Gasteiger partial charge in [0, 0.05) is 24.8 Å². The van der Waals surface area contributed by atoms with E-state index in [9.17, 15) is 0 Å². The van der Waals surface area contributed by atoms with E-state index >= 15 is 0 Å². The van der Waals surface area contributed by atoms with Crippen LogP contribution in [0.4, 0.5) is 5.82 Å². The zero-order valence-corrected chi connectivity index (χ0v) is 11.8. The molecule has 5 nitrogen and oxygen atoms in total. The topological polar surface area (TPSA) is 47.7 Å². The maximum Gasteiger partial charge on any atom is 0.129 e. The van der Waals surface area contributed by atoms with Crippen molar-refractivity contribution < 1.29 is 0 Å². The van der Waals surface area contributed by atoms with Crippen LogP contribution < -0.4 is 5.32 Å². The Labute approximate surface area is 108 Å². The molecule has 0 unspecified atom stereocenters. The molecule has 98 valence electrons. The number of nitrogens with one attached hydrogen (secondary N) is 1. The summed E-state index contributed by atoms with van der Waals surface area (Å²) >= 11 is 0. The highest BCUT2D eigenvalue weighted by Gasteiger charge is 2.14. The van der Waals surface area contributed by atoms with Crippen LogP contribution in [-0.2, 0) is 13.6 Å². The van der Waals surface area contributed by atoms with Crippen molar-refractivity contribution in [3.63, 3.8) is 0 Å². The Morgan fingerprint density at radius 3 is 2.50 bits per heavy atom. The maximum atomic E-state index is 4.48. The van der Waals surface area contributed by atoms with Gasteiger partial charge in [0.05, 0.1) is 24.3 Å². The lowest BCUT2D eigenvalue weighted by Gasteiger charge is -2.09. The van der Waals surface area contributed by atoms with E-state index in [4.69, 9.17) is 0 Å². The molecule has 2 heterocycles. The Bertz CT molecular complexity index is 550. The molecule has 0 saturated carbocycles. The minimum atomic E-state index is 0.814. The van der Waals surface area contributed by atoms with Crippen LogP contribution in [0.25, 0.3) is 0 Å². The fraction of sp³-hybridized carbons (Fsp3) is 0.538. The second-order valence-electron chi connectivity index (χ2n) is 4.61. The summed E-state index contributed by atoms with van der Waals surface area (Å²) in [5.41, 5.74) is 4.60. The van der Waals surface area contributed by atoms with E-state index in [1.165, 1.54) is 11.3 Å². The monoisotopic (exact) mass is 247 g/mol. The zero-order chi connectivity index (χ0) is 13.3. The standard InChI is InChI=1S/C13H21N5/c1-6-14-13-12(10(3)16-17(13)5)7-18-8-15-9(2)11(18)4/h8,14H,6-7H2,1-5H3. The molecule has 0 radical (unpaired) electrons. The lowest BCUT2D eigenvalue weighted by atomic mass is 10.2. The Balaban J connectivity index is 2.36. The molecule has 2 aromatic heterocycles. The molecule has 0 spiro atoms. The fourth-order valence-corrected chi connectivity index (χ4v) is 2.15. The summed E-state index contributed by atoms with van der Waals surface area (Å²) in [7, 11) is 1.97. The van der Waals surface area contributed by atoms with E-state index in [2.05, 4.69) is 40.7 Å². The van der Waals surface area contributed by atoms with E-state index in [0.29, 0.717) is 0 Å². The van der Waals surface area contributed by atoms with Crippen molar-refractivity contribution in [1.29, 1.82) is 0 Å². The molecule has 0 amide bonds. The van der Waals surface area contributed by atoms with Crippen LogP contribution in [0.5, 0.6) is 0 Å². The highest BCUT2D eigenvalue weighted by molar-refractivity contribution is 5.47. The van der Waals surface area contributed by atoms with Gasteiger partial charge in [-0.05, 0) is 27.7 Å². The summed E-state index contributed by atoms with van der Waals surface area (Å²) in [6.45, 7) is 9.99. The number of aromatic nitrogens is 4. The van der Waals surface area contributed by atoms with Crippen molar-refractivity contribution in [2.75, 3.05) is 11.9 Å². The molecule has 5 heteroatoms. The SMILES string of the molecule is CCNc1c(Cn2cnc(C)c2C)c(C)nn1C. The van der Waals surface area contributed by atoms with Gasteiger partial charge in [-0.3, -0.25) is 4.68 Å². The Morgan fingerprint density at radius 1 is 1.22 bits per heavy atom. The van der Waals surface area contributed by atoms with Crippen LogP contribution >= 0.6 is 0 Å². The fourth-order valence-electron chi connectivity index (χ4n) is 2.15. The summed E-state index contributed by atoms with van der Waals surface area (Å²) in [5.74, 6) is 1.10. The van der Waals surface area contributed by atoms with E-state index < -0.39 is 0 Å². The number of rotatable bonds is 4. The van der Waals surface area contributed by atoms with Gasteiger partial charge in [0.15, 0.2) is 0 Å². The van der Waals surface area contributed by atoms with E-state index in [1.54, 1.807) is 0 Å². The molecule has 0 aliphatic rings. The molecule has 0 aromatic carbocycles. The van der Waals surface area contributed by atoms with Crippen LogP contribution in [0.1, 0.15) is 29.6 Å². The second-order valence-corrected chi connectivity index (χ2v) is 4.61. The first-order chi connectivity index (χ1) is 8.54. The summed E-state index contributed by atoms with van der Waals surface area (Å²) in [6, 6.07) is 0. The van der Waals surface area contributed by atoms with Crippen molar-refractivity contribution >= 4 is 5.82 Å². The highest BCUT2D eigenvalue weighted by atomic mass is 15.3. The van der Waals surface area contributed by atoms with Gasteiger partial charge in [-0.25, -0.2) is 4.98 Å². The van der Waals surface area contributed by atoms with Crippen LogP contribution in [0, 0.1) is 20.8 Å². The number of hydrogen-bond donors (Lipinski definition) is 1. The third kappa shape index (κ3) is 2.12. The first kappa shape index (κ1) is 12.7. The van der Waals surface area contributed by atoms with Crippen LogP contribution in [0.2, 0.25) is 0 Å². The molecule has 2 rings (SSSR count). The van der Waals surface area contributed by atoms with Gasteiger partial charge >= 0.3 is 0 Å². The number of aryl methyl sites for hydroxylation is 3. The number of nitrogens with zero attached hydrogens (tertiary/aromatic N) is 4. The molecule has 1 N–H and O–H groups in total. The summed E-state index contributed by atoms with van der Waals surface area (Å²) in [5, 5.41) is 7.86. The van der Waals surface area contributed by atoms with Gasteiger partial charge in [-0.15, -0.1) is 0 Å². The van der Waals surface area contributed by atoms with Gasteiger partial charge in [-0.1, -0.05) is 0 Å². The quantitative estimate of drug-likeness (QED) is 0.899. The highest BCUT2D eigenvalue weighted by Crippen LogP contribution is 2.21. The number of imidazole rings is 1. The Hall–Kier alpha value is -1.78. The molecule has 0 saturated heterocycles. The third-order valence-electron chi connectivity index (χ3n) is 3.36. The van der Waals surface area contributed by atoms with E-state index in [0.717, 1.165) is 30.3 Å². The van der Waals surface area contributed by atoms with Crippen LogP contribution in [0.15, 0.2) is 6.33 Å². The molecular weight excluding hydrogens is 226 g/mol. The normalized spacial score (nSPS) is 10.9. The van der Waals surface area contributed by atoms with Crippen molar-refractivity contribution in [2.24, 2.45) is 7.05 Å². The van der Waals surface area contributed by atoms with Crippen molar-refractivity contribution in [1.82, 2.24) is 19.3 Å². The number of hydrogen-bond acceptors (Lipinski definition) is 3. The minimum Gasteiger partial charge on any atom is -0.370 e. The largest absolute Gasteiger partial charge is 0.370 e. The maximum absolute atomic E-state index is 4.48. The first-order valence-electron chi connectivity index (χ1n) is 6.29. The Kier molecular flexibility index (Phi) is 3.41. The molecule has 0 aliphatic carbocycles. The summed E-state index contributed by atoms with van der Waals surface area (Å²) < 4.78 is 4.08. The average molecular weight is 247 g/mol. The first-order valence-corrected chi connectivity index (χ1v) is 6.29. The predicted octanol–water partition coefficient (Wildman–Crippen LogP) is 2.02. The van der Waals surface area contributed by atoms with Gasteiger partial charge in [-0.2, -0.15) is 5.10 Å². The summed E-state index contributed by atoms with van der Waals surface area (Å²) in [4.78, 5) is 4.34. The molecule has 0 atom stereocenters. The van der Waals surface area contributed by atoms with E-state index in [-0.39, 0.29) is 0 Å². The van der Waals surface area contributed by atoms with Crippen molar-refractivity contribution in [3.8, 4) is 0 Å². The van der Waals surface area contributed by atoms with Gasteiger partial charge in [0.2, 0.25) is 0 Å². The molecule has 0 fully saturated rings. The lowest BCUT2D eigenvalue weighted by Crippen LogP contribution is -2.08. The molecular formula is C13H21N5. The number of anilines is 1. The zero-order valence-electron chi connectivity index (χ0n) is 11.8. The van der Waals surface area contributed by atoms with Crippen molar-refractivity contribution in [3.05, 3.63) is 29.0 Å². The van der Waals surface area contributed by atoms with E-state index in [1.807, 2.05) is 25.0 Å². The molecule has 18 heavy (non-hydrogen) atoms. The van der Waals surface area contributed by atoms with Crippen LogP contribution in [0.3, 0.4) is 0 Å². The van der Waals surface area contributed by atoms with Gasteiger partial charge in [0.1, 0.15) is 5.82 Å². The second kappa shape index (κ2) is 4.84. The van der Waals surface area contributed by atoms with Crippen molar-refractivity contribution in [2.45, 2.75) is 34.2 Å². The third-order valence-corrected chi connectivity index (χ3v) is 3.36. The molecule has 0 aliphatic heterocycles. The van der Waals surface area contributed by atoms with Gasteiger partial charge in [0.25, 0.3) is 0 Å². The smallest absolute Gasteiger partial charge is 0.129 e. The predicted molar refractivity (Wildman–Crippen MR) is 72.9 cm³/mol. The lowest BCUT2D eigenvalue weighted by molar-refractivity contribution is 0.756. The Morgan fingerprint density at radius 2 is 1.94 bits per heavy atom. The minimum absolute atomic E-state index is 0.814. The molecule has 0 bridgehead atoms. The molecule has 2 aromatic rings.